The molecule has 0 saturated carbocycles. The van der Waals surface area contributed by atoms with Crippen LogP contribution in [0.25, 0.3) is 0 Å². The van der Waals surface area contributed by atoms with Gasteiger partial charge in [-0.25, -0.2) is 0 Å². The maximum Gasteiger partial charge on any atom is 0.273 e. The van der Waals surface area contributed by atoms with E-state index in [0.717, 1.165) is 11.3 Å². The summed E-state index contributed by atoms with van der Waals surface area (Å²) >= 11 is 0. The van der Waals surface area contributed by atoms with Crippen molar-refractivity contribution in [1.82, 2.24) is 9.78 Å². The Kier molecular flexibility index (Phi) is 4.93. The summed E-state index contributed by atoms with van der Waals surface area (Å²) in [6.07, 6.45) is 2.03. The van der Waals surface area contributed by atoms with E-state index in [9.17, 15) is 9.59 Å². The number of benzene rings is 1. The van der Waals surface area contributed by atoms with E-state index >= 15 is 0 Å². The molecule has 0 saturated heterocycles. The van der Waals surface area contributed by atoms with E-state index in [1.165, 1.54) is 0 Å². The van der Waals surface area contributed by atoms with Gasteiger partial charge in [0.1, 0.15) is 5.69 Å². The van der Waals surface area contributed by atoms with Crippen molar-refractivity contribution in [2.24, 2.45) is 0 Å². The summed E-state index contributed by atoms with van der Waals surface area (Å²) in [4.78, 5) is 23.7. The van der Waals surface area contributed by atoms with E-state index in [1.807, 2.05) is 19.9 Å². The second kappa shape index (κ2) is 6.89. The molecule has 1 aromatic carbocycles. The van der Waals surface area contributed by atoms with Gasteiger partial charge in [-0.1, -0.05) is 6.92 Å². The average Bonchev–Trinajstić information content (AvgIpc) is 2.98. The first kappa shape index (κ1) is 15.8. The molecule has 1 heterocycles. The van der Waals surface area contributed by atoms with Crippen molar-refractivity contribution >= 4 is 23.2 Å². The molecule has 0 unspecified atom stereocenters. The summed E-state index contributed by atoms with van der Waals surface area (Å²) < 4.78 is 1.64. The van der Waals surface area contributed by atoms with E-state index in [2.05, 4.69) is 15.7 Å². The van der Waals surface area contributed by atoms with Crippen LogP contribution in [0.4, 0.5) is 11.4 Å². The van der Waals surface area contributed by atoms with Gasteiger partial charge in [-0.2, -0.15) is 5.10 Å². The maximum absolute atomic E-state index is 12.3. The molecule has 6 heteroatoms. The molecule has 0 aliphatic rings. The molecule has 0 atom stereocenters. The number of amides is 2. The van der Waals surface area contributed by atoms with Crippen LogP contribution in [0.2, 0.25) is 0 Å². The molecule has 1 aromatic heterocycles. The minimum atomic E-state index is -0.201. The number of carbonyl (C=O) groups is 2. The van der Waals surface area contributed by atoms with Gasteiger partial charge in [0.25, 0.3) is 5.91 Å². The number of aryl methyl sites for hydroxylation is 2. The topological polar surface area (TPSA) is 76.0 Å². The predicted molar refractivity (Wildman–Crippen MR) is 86.0 cm³/mol. The van der Waals surface area contributed by atoms with Crippen molar-refractivity contribution < 1.29 is 9.59 Å². The SMILES string of the molecule is CCC(=O)Nc1ccc(NC(=O)c2ccnn2CC)c(C)c1. The zero-order valence-electron chi connectivity index (χ0n) is 13.0. The number of carbonyl (C=O) groups excluding carboxylic acids is 2. The Morgan fingerprint density at radius 1 is 1.18 bits per heavy atom. The first-order chi connectivity index (χ1) is 10.5. The van der Waals surface area contributed by atoms with Crippen molar-refractivity contribution in [1.29, 1.82) is 0 Å². The van der Waals surface area contributed by atoms with E-state index in [-0.39, 0.29) is 11.8 Å². The molecule has 0 radical (unpaired) electrons. The standard InChI is InChI=1S/C16H20N4O2/c1-4-15(21)18-12-6-7-13(11(3)10-12)19-16(22)14-8-9-17-20(14)5-2/h6-10H,4-5H2,1-3H3,(H,18,21)(H,19,22). The molecule has 2 amide bonds. The van der Waals surface area contributed by atoms with Gasteiger partial charge >= 0.3 is 0 Å². The number of hydrogen-bond donors (Lipinski definition) is 2. The monoisotopic (exact) mass is 300 g/mol. The van der Waals surface area contributed by atoms with Gasteiger partial charge in [-0.3, -0.25) is 14.3 Å². The maximum atomic E-state index is 12.3. The van der Waals surface area contributed by atoms with Crippen LogP contribution in [0, 0.1) is 6.92 Å². The molecule has 2 aromatic rings. The Morgan fingerprint density at radius 2 is 1.95 bits per heavy atom. The van der Waals surface area contributed by atoms with Gasteiger partial charge in [0.2, 0.25) is 5.91 Å². The van der Waals surface area contributed by atoms with Crippen molar-refractivity contribution in [3.63, 3.8) is 0 Å². The third-order valence-corrected chi connectivity index (χ3v) is 3.33. The number of nitrogens with zero attached hydrogens (tertiary/aromatic N) is 2. The average molecular weight is 300 g/mol. The molecule has 2 rings (SSSR count). The summed E-state index contributed by atoms with van der Waals surface area (Å²) in [6, 6.07) is 7.07. The second-order valence-electron chi connectivity index (χ2n) is 4.92. The van der Waals surface area contributed by atoms with E-state index in [4.69, 9.17) is 0 Å². The molecule has 0 fully saturated rings. The molecular weight excluding hydrogens is 280 g/mol. The number of nitrogens with one attached hydrogen (secondary N) is 2. The number of hydrogen-bond acceptors (Lipinski definition) is 3. The van der Waals surface area contributed by atoms with Crippen molar-refractivity contribution in [2.45, 2.75) is 33.7 Å². The lowest BCUT2D eigenvalue weighted by atomic mass is 10.1. The van der Waals surface area contributed by atoms with Crippen LogP contribution >= 0.6 is 0 Å². The Hall–Kier alpha value is -2.63. The van der Waals surface area contributed by atoms with Gasteiger partial charge in [0.05, 0.1) is 0 Å². The third kappa shape index (κ3) is 3.52. The molecule has 0 spiro atoms. The van der Waals surface area contributed by atoms with Crippen molar-refractivity contribution in [3.05, 3.63) is 41.7 Å². The summed E-state index contributed by atoms with van der Waals surface area (Å²) in [5, 5.41) is 9.75. The number of anilines is 2. The lowest BCUT2D eigenvalue weighted by molar-refractivity contribution is -0.115. The lowest BCUT2D eigenvalue weighted by Gasteiger charge is -2.11. The van der Waals surface area contributed by atoms with Gasteiger partial charge < -0.3 is 10.6 Å². The molecular formula is C16H20N4O2. The lowest BCUT2D eigenvalue weighted by Crippen LogP contribution is -2.18. The molecule has 2 N–H and O–H groups in total. The second-order valence-corrected chi connectivity index (χ2v) is 4.92. The fourth-order valence-electron chi connectivity index (χ4n) is 2.09. The highest BCUT2D eigenvalue weighted by Crippen LogP contribution is 2.20. The van der Waals surface area contributed by atoms with Crippen LogP contribution in [0.15, 0.2) is 30.5 Å². The Morgan fingerprint density at radius 3 is 2.59 bits per heavy atom. The highest BCUT2D eigenvalue weighted by molar-refractivity contribution is 6.03. The van der Waals surface area contributed by atoms with Gasteiger partial charge in [-0.05, 0) is 43.7 Å². The smallest absolute Gasteiger partial charge is 0.273 e. The Labute approximate surface area is 129 Å². The van der Waals surface area contributed by atoms with Crippen LogP contribution in [0.3, 0.4) is 0 Å². The zero-order chi connectivity index (χ0) is 16.1. The van der Waals surface area contributed by atoms with Crippen LogP contribution in [-0.4, -0.2) is 21.6 Å². The quantitative estimate of drug-likeness (QED) is 0.891. The molecule has 0 bridgehead atoms. The summed E-state index contributed by atoms with van der Waals surface area (Å²) in [7, 11) is 0. The Bertz CT molecular complexity index is 691. The normalized spacial score (nSPS) is 10.3. The van der Waals surface area contributed by atoms with Gasteiger partial charge in [-0.15, -0.1) is 0 Å². The summed E-state index contributed by atoms with van der Waals surface area (Å²) in [5.74, 6) is -0.240. The van der Waals surface area contributed by atoms with Gasteiger partial charge in [0.15, 0.2) is 0 Å². The van der Waals surface area contributed by atoms with E-state index in [0.29, 0.717) is 24.3 Å². The fourth-order valence-corrected chi connectivity index (χ4v) is 2.09. The fraction of sp³-hybridized carbons (Fsp3) is 0.312. The first-order valence-electron chi connectivity index (χ1n) is 7.28. The highest BCUT2D eigenvalue weighted by atomic mass is 16.2. The Balaban J connectivity index is 2.13. The van der Waals surface area contributed by atoms with Crippen molar-refractivity contribution in [3.8, 4) is 0 Å². The zero-order valence-corrected chi connectivity index (χ0v) is 13.0. The van der Waals surface area contributed by atoms with Crippen LogP contribution in [-0.2, 0) is 11.3 Å². The van der Waals surface area contributed by atoms with Crippen LogP contribution in [0.1, 0.15) is 36.3 Å². The van der Waals surface area contributed by atoms with E-state index < -0.39 is 0 Å². The third-order valence-electron chi connectivity index (χ3n) is 3.33. The predicted octanol–water partition coefficient (Wildman–Crippen LogP) is 2.81. The summed E-state index contributed by atoms with van der Waals surface area (Å²) in [5.41, 5.74) is 2.83. The molecule has 0 aliphatic carbocycles. The minimum absolute atomic E-state index is 0.0389. The van der Waals surface area contributed by atoms with Crippen molar-refractivity contribution in [2.75, 3.05) is 10.6 Å². The van der Waals surface area contributed by atoms with Gasteiger partial charge in [0, 0.05) is 30.5 Å². The minimum Gasteiger partial charge on any atom is -0.326 e. The molecule has 22 heavy (non-hydrogen) atoms. The molecule has 6 nitrogen and oxygen atoms in total. The molecule has 0 aliphatic heterocycles. The number of aromatic nitrogens is 2. The largest absolute Gasteiger partial charge is 0.326 e. The van der Waals surface area contributed by atoms with E-state index in [1.54, 1.807) is 36.0 Å². The number of rotatable bonds is 5. The molecule has 116 valence electrons. The highest BCUT2D eigenvalue weighted by Gasteiger charge is 2.12. The van der Waals surface area contributed by atoms with Crippen LogP contribution in [0.5, 0.6) is 0 Å². The summed E-state index contributed by atoms with van der Waals surface area (Å²) in [6.45, 7) is 6.25. The first-order valence-corrected chi connectivity index (χ1v) is 7.28. The van der Waals surface area contributed by atoms with Crippen LogP contribution < -0.4 is 10.6 Å².